The lowest BCUT2D eigenvalue weighted by Gasteiger charge is -2.27. The average Bonchev–Trinajstić information content (AvgIpc) is 2.91. The van der Waals surface area contributed by atoms with Crippen LogP contribution in [0, 0.1) is 28.9 Å². The van der Waals surface area contributed by atoms with Crippen molar-refractivity contribution >= 4 is 23.2 Å². The Labute approximate surface area is 215 Å². The number of nitrogens with zero attached hydrogens (tertiary/aromatic N) is 6. The Morgan fingerprint density at radius 1 is 1.27 bits per heavy atom. The number of pyridine rings is 1. The van der Waals surface area contributed by atoms with Gasteiger partial charge in [0.25, 0.3) is 0 Å². The van der Waals surface area contributed by atoms with Gasteiger partial charge in [-0.3, -0.25) is 9.89 Å². The van der Waals surface area contributed by atoms with Gasteiger partial charge in [-0.2, -0.15) is 5.26 Å². The van der Waals surface area contributed by atoms with Crippen molar-refractivity contribution in [1.29, 1.82) is 5.26 Å². The molecule has 0 radical (unpaired) electrons. The van der Waals surface area contributed by atoms with E-state index in [2.05, 4.69) is 36.2 Å². The zero-order valence-corrected chi connectivity index (χ0v) is 21.2. The molecule has 0 saturated heterocycles. The molecule has 0 bridgehead atoms. The maximum absolute atomic E-state index is 14.8. The largest absolute Gasteiger partial charge is 0.396 e. The second kappa shape index (κ2) is 11.4. The van der Waals surface area contributed by atoms with Crippen molar-refractivity contribution in [3.63, 3.8) is 0 Å². The number of nitrogens with two attached hydrogens (primary N) is 1. The molecule has 4 rings (SSSR count). The molecule has 37 heavy (non-hydrogen) atoms. The maximum atomic E-state index is 14.8. The van der Waals surface area contributed by atoms with Gasteiger partial charge < -0.3 is 11.1 Å². The Balaban J connectivity index is 1.62. The van der Waals surface area contributed by atoms with Crippen molar-refractivity contribution in [2.24, 2.45) is 10.9 Å². The quantitative estimate of drug-likeness (QED) is 0.332. The minimum absolute atomic E-state index is 0.0260. The van der Waals surface area contributed by atoms with Gasteiger partial charge in [0.05, 0.1) is 18.0 Å². The number of aliphatic imine (C=N–C) groups is 1. The van der Waals surface area contributed by atoms with Crippen molar-refractivity contribution in [2.45, 2.75) is 39.7 Å². The molecular weight excluding hydrogens is 474 g/mol. The number of aromatic nitrogens is 3. The van der Waals surface area contributed by atoms with E-state index in [9.17, 15) is 8.78 Å². The van der Waals surface area contributed by atoms with Gasteiger partial charge in [-0.05, 0) is 36.1 Å². The number of nitrogens with one attached hydrogen (secondary N) is 1. The third-order valence-corrected chi connectivity index (χ3v) is 6.65. The summed E-state index contributed by atoms with van der Waals surface area (Å²) in [4.78, 5) is 19.6. The zero-order chi connectivity index (χ0) is 26.5. The highest BCUT2D eigenvalue weighted by Crippen LogP contribution is 2.30. The van der Waals surface area contributed by atoms with Gasteiger partial charge in [0.15, 0.2) is 5.82 Å². The summed E-state index contributed by atoms with van der Waals surface area (Å²) in [6.45, 7) is 6.29. The van der Waals surface area contributed by atoms with E-state index >= 15 is 0 Å². The normalized spacial score (nSPS) is 14.6. The highest BCUT2D eigenvalue weighted by atomic mass is 19.1. The number of hydrogen-bond donors (Lipinski definition) is 2. The van der Waals surface area contributed by atoms with Crippen LogP contribution < -0.4 is 11.1 Å². The van der Waals surface area contributed by atoms with E-state index in [1.807, 2.05) is 26.0 Å². The van der Waals surface area contributed by atoms with Crippen LogP contribution in [0.5, 0.6) is 0 Å². The summed E-state index contributed by atoms with van der Waals surface area (Å²) in [6, 6.07) is 8.77. The molecule has 1 unspecified atom stereocenters. The maximum Gasteiger partial charge on any atom is 0.229 e. The van der Waals surface area contributed by atoms with Crippen LogP contribution >= 0.6 is 0 Å². The molecule has 3 aromatic rings. The predicted octanol–water partition coefficient (Wildman–Crippen LogP) is 4.88. The third-order valence-electron chi connectivity index (χ3n) is 6.65. The Morgan fingerprint density at radius 3 is 2.81 bits per heavy atom. The lowest BCUT2D eigenvalue weighted by atomic mass is 9.92. The van der Waals surface area contributed by atoms with Crippen LogP contribution in [-0.4, -0.2) is 45.7 Å². The molecule has 1 aliphatic rings. The molecule has 1 aliphatic heterocycles. The number of anilines is 3. The minimum Gasteiger partial charge on any atom is -0.396 e. The van der Waals surface area contributed by atoms with Crippen LogP contribution in [-0.2, 0) is 13.0 Å². The zero-order valence-electron chi connectivity index (χ0n) is 21.2. The smallest absolute Gasteiger partial charge is 0.229 e. The van der Waals surface area contributed by atoms with E-state index in [0.717, 1.165) is 49.9 Å². The minimum atomic E-state index is -0.685. The molecule has 0 amide bonds. The first-order valence-electron chi connectivity index (χ1n) is 12.3. The van der Waals surface area contributed by atoms with Gasteiger partial charge in [0.2, 0.25) is 5.95 Å². The molecule has 192 valence electrons. The lowest BCUT2D eigenvalue weighted by molar-refractivity contribution is 0.258. The van der Waals surface area contributed by atoms with E-state index in [1.54, 1.807) is 13.1 Å². The molecule has 1 atom stereocenters. The molecule has 8 nitrogen and oxygen atoms in total. The van der Waals surface area contributed by atoms with Crippen LogP contribution in [0.15, 0.2) is 35.5 Å². The molecule has 0 fully saturated rings. The molecule has 1 aromatic carbocycles. The molecule has 0 saturated carbocycles. The number of rotatable bonds is 8. The summed E-state index contributed by atoms with van der Waals surface area (Å²) < 4.78 is 29.7. The average molecular weight is 505 g/mol. The highest BCUT2D eigenvalue weighted by Gasteiger charge is 2.21. The van der Waals surface area contributed by atoms with Crippen molar-refractivity contribution in [2.75, 3.05) is 31.2 Å². The van der Waals surface area contributed by atoms with Crippen LogP contribution in [0.3, 0.4) is 0 Å². The van der Waals surface area contributed by atoms with Gasteiger partial charge >= 0.3 is 0 Å². The van der Waals surface area contributed by atoms with Crippen LogP contribution in [0.25, 0.3) is 11.3 Å². The van der Waals surface area contributed by atoms with E-state index in [4.69, 9.17) is 11.0 Å². The highest BCUT2D eigenvalue weighted by molar-refractivity contribution is 6.06. The summed E-state index contributed by atoms with van der Waals surface area (Å²) in [5.74, 6) is -0.633. The number of benzene rings is 1. The molecule has 2 aromatic heterocycles. The Hall–Kier alpha value is -3.97. The lowest BCUT2D eigenvalue weighted by Crippen LogP contribution is -2.31. The number of hydrogen-bond acceptors (Lipinski definition) is 8. The summed E-state index contributed by atoms with van der Waals surface area (Å²) >= 11 is 0. The van der Waals surface area contributed by atoms with E-state index < -0.39 is 11.6 Å². The topological polar surface area (TPSA) is 116 Å². The van der Waals surface area contributed by atoms with Gasteiger partial charge in [0.1, 0.15) is 17.3 Å². The molecule has 0 spiro atoms. The van der Waals surface area contributed by atoms with Crippen LogP contribution in [0.2, 0.25) is 0 Å². The van der Waals surface area contributed by atoms with Gasteiger partial charge in [-0.15, -0.1) is 0 Å². The first-order valence-corrected chi connectivity index (χ1v) is 12.3. The van der Waals surface area contributed by atoms with E-state index in [-0.39, 0.29) is 28.8 Å². The second-order valence-corrected chi connectivity index (χ2v) is 9.09. The first kappa shape index (κ1) is 26.1. The molecule has 10 heteroatoms. The van der Waals surface area contributed by atoms with Crippen LogP contribution in [0.1, 0.15) is 43.5 Å². The SMILES string of the molecule is CCC(C)C(=NC)c1cc(-c2nc(Nc3ccc4c(n3)CCN(CCC#N)C4)ncc2F)cc(F)c1N. The van der Waals surface area contributed by atoms with E-state index in [1.165, 1.54) is 6.07 Å². The Kier molecular flexibility index (Phi) is 8.04. The molecule has 3 N–H and O–H groups in total. The van der Waals surface area contributed by atoms with Gasteiger partial charge in [-0.1, -0.05) is 19.9 Å². The first-order chi connectivity index (χ1) is 17.8. The summed E-state index contributed by atoms with van der Waals surface area (Å²) in [5.41, 5.74) is 9.35. The second-order valence-electron chi connectivity index (χ2n) is 9.09. The van der Waals surface area contributed by atoms with Crippen molar-refractivity contribution in [1.82, 2.24) is 19.9 Å². The Morgan fingerprint density at radius 2 is 2.08 bits per heavy atom. The number of nitriles is 1. The monoisotopic (exact) mass is 504 g/mol. The van der Waals surface area contributed by atoms with Gasteiger partial charge in [-0.25, -0.2) is 23.7 Å². The van der Waals surface area contributed by atoms with E-state index in [0.29, 0.717) is 23.5 Å². The molecule has 3 heterocycles. The summed E-state index contributed by atoms with van der Waals surface area (Å²) in [7, 11) is 1.63. The predicted molar refractivity (Wildman–Crippen MR) is 140 cm³/mol. The summed E-state index contributed by atoms with van der Waals surface area (Å²) in [5, 5.41) is 11.9. The van der Waals surface area contributed by atoms with Crippen LogP contribution in [0.4, 0.5) is 26.2 Å². The number of fused-ring (bicyclic) bond motifs is 1. The molecular formula is C27H30F2N8. The van der Waals surface area contributed by atoms with Crippen molar-refractivity contribution in [3.05, 3.63) is 58.9 Å². The van der Waals surface area contributed by atoms with Crippen molar-refractivity contribution < 1.29 is 8.78 Å². The molecule has 0 aliphatic carbocycles. The fraction of sp³-hybridized carbons (Fsp3) is 0.370. The third kappa shape index (κ3) is 5.73. The summed E-state index contributed by atoms with van der Waals surface area (Å²) in [6.07, 6.45) is 3.10. The van der Waals surface area contributed by atoms with Crippen molar-refractivity contribution in [3.8, 4) is 17.3 Å². The standard InChI is InChI=1S/C27H30F2N8/c1-4-16(2)25(32-3)19-12-18(13-20(28)24(19)31)26-21(29)14-33-27(36-26)35-23-7-6-17-15-37(10-5-9-30)11-8-22(17)34-23/h6-7,12-14,16H,4-5,8,10-11,15,31H2,1-3H3,(H,33,34,35,36). The van der Waals surface area contributed by atoms with Gasteiger partial charge in [0, 0.05) is 62.1 Å². The Bertz CT molecular complexity index is 1370. The fourth-order valence-electron chi connectivity index (χ4n) is 4.45. The number of halogens is 2. The fourth-order valence-corrected chi connectivity index (χ4v) is 4.45. The number of nitrogen functional groups attached to an aromatic ring is 1.